The Kier molecular flexibility index (Phi) is 6.90. The van der Waals surface area contributed by atoms with Gasteiger partial charge in [-0.15, -0.1) is 0 Å². The molecule has 0 radical (unpaired) electrons. The van der Waals surface area contributed by atoms with E-state index in [1.165, 1.54) is 29.3 Å². The Morgan fingerprint density at radius 2 is 1.93 bits per heavy atom. The fraction of sp³-hybridized carbons (Fsp3) is 0.650. The molecule has 29 heavy (non-hydrogen) atoms. The molecular weight excluding hydrogens is 414 g/mol. The van der Waals surface area contributed by atoms with Crippen molar-refractivity contribution in [2.75, 3.05) is 26.7 Å². The first kappa shape index (κ1) is 22.5. The van der Waals surface area contributed by atoms with Gasteiger partial charge >= 0.3 is 0 Å². The molecule has 3 unspecified atom stereocenters. The molecule has 3 rings (SSSR count). The number of hydrogen-bond donors (Lipinski definition) is 1. The lowest BCUT2D eigenvalue weighted by Crippen LogP contribution is -2.48. The lowest BCUT2D eigenvalue weighted by molar-refractivity contribution is -0.0440. The zero-order valence-corrected chi connectivity index (χ0v) is 19.0. The van der Waals surface area contributed by atoms with Gasteiger partial charge in [-0.05, 0) is 58.9 Å². The van der Waals surface area contributed by atoms with E-state index in [2.05, 4.69) is 24.2 Å². The molecule has 9 heteroatoms. The van der Waals surface area contributed by atoms with E-state index in [4.69, 9.17) is 16.3 Å². The minimum Gasteiger partial charge on any atom is -0.373 e. The summed E-state index contributed by atoms with van der Waals surface area (Å²) in [7, 11) is -1.77. The molecule has 162 valence electrons. The van der Waals surface area contributed by atoms with Gasteiger partial charge in [0.25, 0.3) is 5.91 Å². The van der Waals surface area contributed by atoms with Crippen LogP contribution in [0.15, 0.2) is 23.1 Å². The number of sulfonamides is 1. The number of nitrogens with one attached hydrogen (secondary N) is 1. The summed E-state index contributed by atoms with van der Waals surface area (Å²) in [6.07, 6.45) is 1.99. The number of carbonyl (C=O) groups is 1. The molecule has 2 fully saturated rings. The van der Waals surface area contributed by atoms with Crippen LogP contribution in [-0.2, 0) is 14.8 Å². The Bertz CT molecular complexity index is 849. The van der Waals surface area contributed by atoms with Gasteiger partial charge in [-0.2, -0.15) is 4.31 Å². The second kappa shape index (κ2) is 8.89. The highest BCUT2D eigenvalue weighted by molar-refractivity contribution is 7.89. The van der Waals surface area contributed by atoms with Gasteiger partial charge in [0.1, 0.15) is 4.90 Å². The number of ether oxygens (including phenoxy) is 1. The van der Waals surface area contributed by atoms with E-state index >= 15 is 0 Å². The van der Waals surface area contributed by atoms with Crippen molar-refractivity contribution in [3.8, 4) is 0 Å². The van der Waals surface area contributed by atoms with Crippen LogP contribution in [0.4, 0.5) is 0 Å². The summed E-state index contributed by atoms with van der Waals surface area (Å²) in [6.45, 7) is 6.74. The Balaban J connectivity index is 1.74. The Labute approximate surface area is 178 Å². The minimum absolute atomic E-state index is 0.0451. The maximum Gasteiger partial charge on any atom is 0.251 e. The zero-order chi connectivity index (χ0) is 21.3. The van der Waals surface area contributed by atoms with Gasteiger partial charge in [-0.25, -0.2) is 8.42 Å². The number of amides is 1. The van der Waals surface area contributed by atoms with Crippen LogP contribution in [0.25, 0.3) is 0 Å². The third kappa shape index (κ3) is 5.30. The number of morpholine rings is 1. The van der Waals surface area contributed by atoms with Crippen LogP contribution in [0.5, 0.6) is 0 Å². The summed E-state index contributed by atoms with van der Waals surface area (Å²) >= 11 is 6.21. The van der Waals surface area contributed by atoms with Gasteiger partial charge in [0, 0.05) is 37.3 Å². The summed E-state index contributed by atoms with van der Waals surface area (Å²) in [5.74, 6) is -0.308. The van der Waals surface area contributed by atoms with Crippen LogP contribution in [0.2, 0.25) is 5.02 Å². The first-order valence-corrected chi connectivity index (χ1v) is 11.9. The Morgan fingerprint density at radius 1 is 1.31 bits per heavy atom. The van der Waals surface area contributed by atoms with E-state index in [9.17, 15) is 13.2 Å². The molecule has 0 spiro atoms. The van der Waals surface area contributed by atoms with Crippen LogP contribution in [0.1, 0.15) is 44.0 Å². The number of carbonyl (C=O) groups excluding carboxylic acids is 1. The number of halogens is 1. The highest BCUT2D eigenvalue weighted by atomic mass is 35.5. The lowest BCUT2D eigenvalue weighted by atomic mass is 10.2. The Morgan fingerprint density at radius 3 is 2.52 bits per heavy atom. The number of rotatable bonds is 7. The van der Waals surface area contributed by atoms with E-state index in [0.29, 0.717) is 12.6 Å². The molecule has 1 saturated heterocycles. The highest BCUT2D eigenvalue weighted by Crippen LogP contribution is 2.28. The predicted octanol–water partition coefficient (Wildman–Crippen LogP) is 2.35. The summed E-state index contributed by atoms with van der Waals surface area (Å²) in [5, 5.41) is 3.01. The normalized spacial score (nSPS) is 24.5. The zero-order valence-electron chi connectivity index (χ0n) is 17.4. The molecule has 1 aromatic rings. The van der Waals surface area contributed by atoms with Crippen molar-refractivity contribution in [3.05, 3.63) is 28.8 Å². The monoisotopic (exact) mass is 443 g/mol. The van der Waals surface area contributed by atoms with E-state index < -0.39 is 10.0 Å². The van der Waals surface area contributed by atoms with E-state index in [1.54, 1.807) is 6.07 Å². The molecule has 1 N–H and O–H groups in total. The number of nitrogens with zero attached hydrogens (tertiary/aromatic N) is 2. The van der Waals surface area contributed by atoms with Crippen LogP contribution in [-0.4, -0.2) is 74.5 Å². The smallest absolute Gasteiger partial charge is 0.251 e. The van der Waals surface area contributed by atoms with Crippen LogP contribution in [0, 0.1) is 0 Å². The van der Waals surface area contributed by atoms with Crippen LogP contribution >= 0.6 is 11.6 Å². The highest BCUT2D eigenvalue weighted by Gasteiger charge is 2.34. The summed E-state index contributed by atoms with van der Waals surface area (Å²) in [4.78, 5) is 14.8. The topological polar surface area (TPSA) is 79.0 Å². The average molecular weight is 444 g/mol. The first-order chi connectivity index (χ1) is 13.6. The molecule has 7 nitrogen and oxygen atoms in total. The van der Waals surface area contributed by atoms with E-state index in [-0.39, 0.29) is 52.7 Å². The third-order valence-corrected chi connectivity index (χ3v) is 7.89. The lowest BCUT2D eigenvalue weighted by Gasteiger charge is -2.34. The van der Waals surface area contributed by atoms with Gasteiger partial charge in [0.15, 0.2) is 0 Å². The van der Waals surface area contributed by atoms with Crippen molar-refractivity contribution in [1.82, 2.24) is 14.5 Å². The minimum atomic E-state index is -3.83. The van der Waals surface area contributed by atoms with E-state index in [0.717, 1.165) is 0 Å². The molecule has 2 aliphatic rings. The summed E-state index contributed by atoms with van der Waals surface area (Å²) in [5.41, 5.74) is 0.281. The SMILES string of the molecule is CC1CN(S(=O)(=O)c2cc(C(=O)NCC(C)N(C)C3CC3)ccc2Cl)CC(C)O1. The van der Waals surface area contributed by atoms with Gasteiger partial charge in [-0.3, -0.25) is 9.69 Å². The van der Waals surface area contributed by atoms with Gasteiger partial charge in [0.05, 0.1) is 17.2 Å². The molecule has 1 saturated carbocycles. The molecular formula is C20H30ClN3O4S. The fourth-order valence-corrected chi connectivity index (χ4v) is 5.73. The summed E-state index contributed by atoms with van der Waals surface area (Å²) in [6, 6.07) is 5.20. The maximum absolute atomic E-state index is 13.2. The van der Waals surface area contributed by atoms with Crippen molar-refractivity contribution in [1.29, 1.82) is 0 Å². The quantitative estimate of drug-likeness (QED) is 0.699. The number of hydrogen-bond acceptors (Lipinski definition) is 5. The van der Waals surface area contributed by atoms with Crippen molar-refractivity contribution < 1.29 is 17.9 Å². The molecule has 1 aliphatic carbocycles. The first-order valence-electron chi connectivity index (χ1n) is 10.0. The number of likely N-dealkylation sites (N-methyl/N-ethyl adjacent to an activating group) is 1. The van der Waals surface area contributed by atoms with Crippen LogP contribution in [0.3, 0.4) is 0 Å². The van der Waals surface area contributed by atoms with Crippen LogP contribution < -0.4 is 5.32 Å². The second-order valence-corrected chi connectivity index (χ2v) is 10.5. The van der Waals surface area contributed by atoms with Crippen molar-refractivity contribution in [2.24, 2.45) is 0 Å². The molecule has 3 atom stereocenters. The fourth-order valence-electron chi connectivity index (χ4n) is 3.64. The molecule has 1 amide bonds. The maximum atomic E-state index is 13.2. The molecule has 1 aromatic carbocycles. The standard InChI is InChI=1S/C20H30ClN3O4S/c1-13(23(4)17-6-7-17)10-22-20(25)16-5-8-18(21)19(9-16)29(26,27)24-11-14(2)28-15(3)12-24/h5,8-9,13-15,17H,6-7,10-12H2,1-4H3,(H,22,25). The predicted molar refractivity (Wildman–Crippen MR) is 113 cm³/mol. The Hall–Kier alpha value is -1.19. The third-order valence-electron chi connectivity index (χ3n) is 5.57. The van der Waals surface area contributed by atoms with Crippen molar-refractivity contribution >= 4 is 27.5 Å². The number of benzene rings is 1. The van der Waals surface area contributed by atoms with Gasteiger partial charge < -0.3 is 10.1 Å². The molecule has 0 aromatic heterocycles. The average Bonchev–Trinajstić information content (AvgIpc) is 3.49. The summed E-state index contributed by atoms with van der Waals surface area (Å²) < 4.78 is 33.3. The molecule has 1 aliphatic heterocycles. The molecule has 0 bridgehead atoms. The second-order valence-electron chi connectivity index (χ2n) is 8.18. The van der Waals surface area contributed by atoms with Gasteiger partial charge in [0.2, 0.25) is 10.0 Å². The molecule has 1 heterocycles. The largest absolute Gasteiger partial charge is 0.373 e. The van der Waals surface area contributed by atoms with Crippen molar-refractivity contribution in [2.45, 2.75) is 62.8 Å². The van der Waals surface area contributed by atoms with Crippen molar-refractivity contribution in [3.63, 3.8) is 0 Å². The van der Waals surface area contributed by atoms with E-state index in [1.807, 2.05) is 13.8 Å². The van der Waals surface area contributed by atoms with Gasteiger partial charge in [-0.1, -0.05) is 11.6 Å².